The van der Waals surface area contributed by atoms with Gasteiger partial charge in [0.1, 0.15) is 5.82 Å². The Hall–Kier alpha value is -1.42. The molecule has 4 heteroatoms. The molecule has 0 aromatic heterocycles. The second-order valence-corrected chi connectivity index (χ2v) is 4.84. The lowest BCUT2D eigenvalue weighted by molar-refractivity contribution is -0.123. The Bertz CT molecular complexity index is 405. The van der Waals surface area contributed by atoms with Crippen LogP contribution in [-0.2, 0) is 11.2 Å². The van der Waals surface area contributed by atoms with Crippen molar-refractivity contribution in [3.8, 4) is 0 Å². The fourth-order valence-electron chi connectivity index (χ4n) is 2.51. The Kier molecular flexibility index (Phi) is 4.31. The molecule has 3 nitrogen and oxygen atoms in total. The zero-order chi connectivity index (χ0) is 13.0. The predicted octanol–water partition coefficient (Wildman–Crippen LogP) is 1.48. The number of amides is 1. The van der Waals surface area contributed by atoms with Crippen LogP contribution in [0.2, 0.25) is 0 Å². The minimum absolute atomic E-state index is 0.0545. The van der Waals surface area contributed by atoms with E-state index in [9.17, 15) is 9.18 Å². The highest BCUT2D eigenvalue weighted by Gasteiger charge is 2.26. The van der Waals surface area contributed by atoms with Crippen LogP contribution in [0.5, 0.6) is 0 Å². The average molecular weight is 250 g/mol. The third-order valence-electron chi connectivity index (χ3n) is 3.51. The number of carbonyl (C=O) groups is 1. The molecule has 2 unspecified atom stereocenters. The molecule has 1 aliphatic heterocycles. The van der Waals surface area contributed by atoms with Crippen LogP contribution in [0.1, 0.15) is 18.4 Å². The summed E-state index contributed by atoms with van der Waals surface area (Å²) in [6, 6.07) is 6.55. The first-order chi connectivity index (χ1) is 8.69. The van der Waals surface area contributed by atoms with E-state index in [1.54, 1.807) is 7.05 Å². The summed E-state index contributed by atoms with van der Waals surface area (Å²) in [5.41, 5.74) is 1.14. The third kappa shape index (κ3) is 3.29. The van der Waals surface area contributed by atoms with Crippen LogP contribution in [0.15, 0.2) is 24.3 Å². The fraction of sp³-hybridized carbons (Fsp3) is 0.500. The fourth-order valence-corrected chi connectivity index (χ4v) is 2.51. The minimum Gasteiger partial charge on any atom is -0.358 e. The van der Waals surface area contributed by atoms with E-state index >= 15 is 0 Å². The van der Waals surface area contributed by atoms with Crippen molar-refractivity contribution >= 4 is 5.91 Å². The van der Waals surface area contributed by atoms with Gasteiger partial charge in [0.05, 0.1) is 6.04 Å². The van der Waals surface area contributed by atoms with Crippen molar-refractivity contribution in [2.45, 2.75) is 25.3 Å². The summed E-state index contributed by atoms with van der Waals surface area (Å²) in [7, 11) is 1.66. The summed E-state index contributed by atoms with van der Waals surface area (Å²) in [4.78, 5) is 11.6. The van der Waals surface area contributed by atoms with Crippen molar-refractivity contribution in [1.82, 2.24) is 10.6 Å². The lowest BCUT2D eigenvalue weighted by Gasteiger charge is -2.29. The quantitative estimate of drug-likeness (QED) is 0.853. The number of rotatable bonds is 3. The van der Waals surface area contributed by atoms with E-state index in [1.807, 2.05) is 12.1 Å². The molecule has 0 spiro atoms. The van der Waals surface area contributed by atoms with Crippen LogP contribution in [0.4, 0.5) is 4.39 Å². The van der Waals surface area contributed by atoms with E-state index in [0.29, 0.717) is 5.92 Å². The van der Waals surface area contributed by atoms with Gasteiger partial charge in [-0.2, -0.15) is 0 Å². The van der Waals surface area contributed by atoms with Crippen LogP contribution >= 0.6 is 0 Å². The van der Waals surface area contributed by atoms with Crippen molar-refractivity contribution < 1.29 is 9.18 Å². The van der Waals surface area contributed by atoms with E-state index in [4.69, 9.17) is 0 Å². The van der Waals surface area contributed by atoms with E-state index in [1.165, 1.54) is 12.1 Å². The summed E-state index contributed by atoms with van der Waals surface area (Å²) < 4.78 is 12.8. The molecule has 2 atom stereocenters. The number of likely N-dealkylation sites (N-methyl/N-ethyl adjacent to an activating group) is 1. The molecule has 1 heterocycles. The molecule has 0 saturated carbocycles. The van der Waals surface area contributed by atoms with Gasteiger partial charge in [-0.3, -0.25) is 4.79 Å². The Morgan fingerprint density at radius 2 is 2.17 bits per heavy atom. The topological polar surface area (TPSA) is 41.1 Å². The second-order valence-electron chi connectivity index (χ2n) is 4.84. The monoisotopic (exact) mass is 250 g/mol. The van der Waals surface area contributed by atoms with Crippen molar-refractivity contribution in [2.75, 3.05) is 13.6 Å². The summed E-state index contributed by atoms with van der Waals surface area (Å²) >= 11 is 0. The molecule has 0 aliphatic carbocycles. The Morgan fingerprint density at radius 1 is 1.44 bits per heavy atom. The van der Waals surface area contributed by atoms with Gasteiger partial charge in [-0.25, -0.2) is 4.39 Å². The maximum absolute atomic E-state index is 12.8. The molecule has 2 N–H and O–H groups in total. The minimum atomic E-state index is -0.202. The van der Waals surface area contributed by atoms with Crippen molar-refractivity contribution in [3.63, 3.8) is 0 Å². The number of benzene rings is 1. The average Bonchev–Trinajstić information content (AvgIpc) is 2.41. The molecule has 1 fully saturated rings. The molecular weight excluding hydrogens is 231 g/mol. The maximum Gasteiger partial charge on any atom is 0.236 e. The molecule has 18 heavy (non-hydrogen) atoms. The molecule has 1 saturated heterocycles. The molecule has 0 radical (unpaired) electrons. The van der Waals surface area contributed by atoms with Crippen molar-refractivity contribution in [3.05, 3.63) is 35.6 Å². The zero-order valence-corrected chi connectivity index (χ0v) is 10.6. The molecule has 98 valence electrons. The van der Waals surface area contributed by atoms with E-state index < -0.39 is 0 Å². The Morgan fingerprint density at radius 3 is 2.83 bits per heavy atom. The molecular formula is C14H19FN2O. The van der Waals surface area contributed by atoms with Gasteiger partial charge in [-0.05, 0) is 49.4 Å². The van der Waals surface area contributed by atoms with Crippen LogP contribution in [0, 0.1) is 11.7 Å². The SMILES string of the molecule is CNC(=O)C1CC(Cc2ccc(F)cc2)CCN1. The van der Waals surface area contributed by atoms with Gasteiger partial charge in [0.25, 0.3) is 0 Å². The highest BCUT2D eigenvalue weighted by Crippen LogP contribution is 2.21. The Labute approximate surface area is 107 Å². The van der Waals surface area contributed by atoms with Gasteiger partial charge in [0.15, 0.2) is 0 Å². The smallest absolute Gasteiger partial charge is 0.236 e. The first-order valence-corrected chi connectivity index (χ1v) is 6.38. The number of halogens is 1. The van der Waals surface area contributed by atoms with Gasteiger partial charge in [0, 0.05) is 7.05 Å². The van der Waals surface area contributed by atoms with Crippen LogP contribution in [0.3, 0.4) is 0 Å². The summed E-state index contributed by atoms with van der Waals surface area (Å²) in [6.07, 6.45) is 2.82. The first-order valence-electron chi connectivity index (χ1n) is 6.38. The second kappa shape index (κ2) is 5.96. The molecule has 0 bridgehead atoms. The van der Waals surface area contributed by atoms with Gasteiger partial charge in [0.2, 0.25) is 5.91 Å². The standard InChI is InChI=1S/C14H19FN2O/c1-16-14(18)13-9-11(6-7-17-13)8-10-2-4-12(15)5-3-10/h2-5,11,13,17H,6-9H2,1H3,(H,16,18). The molecule has 1 amide bonds. The molecule has 1 aromatic carbocycles. The summed E-state index contributed by atoms with van der Waals surface area (Å²) in [5.74, 6) is 0.338. The van der Waals surface area contributed by atoms with Gasteiger partial charge < -0.3 is 10.6 Å². The molecule has 2 rings (SSSR count). The van der Waals surface area contributed by atoms with Gasteiger partial charge >= 0.3 is 0 Å². The summed E-state index contributed by atoms with van der Waals surface area (Å²) in [5, 5.41) is 5.90. The maximum atomic E-state index is 12.8. The zero-order valence-electron chi connectivity index (χ0n) is 10.6. The lowest BCUT2D eigenvalue weighted by Crippen LogP contribution is -2.48. The molecule has 1 aromatic rings. The number of piperidine rings is 1. The first kappa shape index (κ1) is 13.0. The highest BCUT2D eigenvalue weighted by atomic mass is 19.1. The number of nitrogens with one attached hydrogen (secondary N) is 2. The largest absolute Gasteiger partial charge is 0.358 e. The van der Waals surface area contributed by atoms with Gasteiger partial charge in [-0.15, -0.1) is 0 Å². The van der Waals surface area contributed by atoms with Crippen LogP contribution in [-0.4, -0.2) is 25.5 Å². The van der Waals surface area contributed by atoms with E-state index in [2.05, 4.69) is 10.6 Å². The summed E-state index contributed by atoms with van der Waals surface area (Å²) in [6.45, 7) is 0.865. The van der Waals surface area contributed by atoms with Crippen LogP contribution in [0.25, 0.3) is 0 Å². The molecule has 1 aliphatic rings. The van der Waals surface area contributed by atoms with E-state index in [-0.39, 0.29) is 17.8 Å². The highest BCUT2D eigenvalue weighted by molar-refractivity contribution is 5.81. The van der Waals surface area contributed by atoms with E-state index in [0.717, 1.165) is 31.4 Å². The number of hydrogen-bond acceptors (Lipinski definition) is 2. The number of carbonyl (C=O) groups excluding carboxylic acids is 1. The van der Waals surface area contributed by atoms with Crippen molar-refractivity contribution in [2.24, 2.45) is 5.92 Å². The van der Waals surface area contributed by atoms with Crippen molar-refractivity contribution in [1.29, 1.82) is 0 Å². The number of hydrogen-bond donors (Lipinski definition) is 2. The third-order valence-corrected chi connectivity index (χ3v) is 3.51. The Balaban J connectivity index is 1.93. The van der Waals surface area contributed by atoms with Gasteiger partial charge in [-0.1, -0.05) is 12.1 Å². The lowest BCUT2D eigenvalue weighted by atomic mass is 9.87. The normalized spacial score (nSPS) is 23.7. The predicted molar refractivity (Wildman–Crippen MR) is 68.7 cm³/mol. The van der Waals surface area contributed by atoms with Crippen LogP contribution < -0.4 is 10.6 Å².